The summed E-state index contributed by atoms with van der Waals surface area (Å²) in [6.45, 7) is 12.5. The number of nitrogens with zero attached hydrogens (tertiary/aromatic N) is 6. The summed E-state index contributed by atoms with van der Waals surface area (Å²) in [5.41, 5.74) is 11.4. The molecular formula is C63H58N6O8. The molecule has 77 heavy (non-hydrogen) atoms. The first kappa shape index (κ1) is 51.2. The third-order valence-electron chi connectivity index (χ3n) is 14.3. The molecule has 388 valence electrons. The number of phenols is 2. The van der Waals surface area contributed by atoms with Gasteiger partial charge >= 0.3 is 12.3 Å². The van der Waals surface area contributed by atoms with Crippen LogP contribution in [0, 0.1) is 13.8 Å². The molecule has 8 aromatic carbocycles. The number of ether oxygens (including phenoxy) is 4. The Hall–Kier alpha value is -9.30. The van der Waals surface area contributed by atoms with E-state index in [1.807, 2.05) is 78.9 Å². The van der Waals surface area contributed by atoms with Crippen molar-refractivity contribution in [3.05, 3.63) is 225 Å². The van der Waals surface area contributed by atoms with Gasteiger partial charge in [-0.2, -0.15) is 0 Å². The number of aromatic nitrogens is 6. The van der Waals surface area contributed by atoms with Crippen LogP contribution in [0.2, 0.25) is 0 Å². The lowest BCUT2D eigenvalue weighted by Gasteiger charge is -2.26. The van der Waals surface area contributed by atoms with Gasteiger partial charge in [0.15, 0.2) is 0 Å². The predicted molar refractivity (Wildman–Crippen MR) is 295 cm³/mol. The van der Waals surface area contributed by atoms with Gasteiger partial charge in [-0.25, -0.2) is 9.59 Å². The van der Waals surface area contributed by atoms with Gasteiger partial charge in [0.2, 0.25) is 0 Å². The summed E-state index contributed by atoms with van der Waals surface area (Å²) < 4.78 is 22.4. The first-order valence-electron chi connectivity index (χ1n) is 25.5. The molecule has 14 nitrogen and oxygen atoms in total. The molecule has 14 heteroatoms. The Balaban J connectivity index is 0.886. The van der Waals surface area contributed by atoms with Crippen molar-refractivity contribution in [2.24, 2.45) is 0 Å². The summed E-state index contributed by atoms with van der Waals surface area (Å²) in [4.78, 5) is 29.0. The van der Waals surface area contributed by atoms with Crippen molar-refractivity contribution in [2.45, 2.75) is 71.6 Å². The highest BCUT2D eigenvalue weighted by Crippen LogP contribution is 2.38. The molecule has 0 bridgehead atoms. The number of fused-ring (bicyclic) bond motifs is 2. The summed E-state index contributed by atoms with van der Waals surface area (Å²) in [5.74, 6) is 0.380. The zero-order valence-electron chi connectivity index (χ0n) is 43.7. The van der Waals surface area contributed by atoms with Crippen LogP contribution in [0.3, 0.4) is 0 Å². The molecule has 2 heterocycles. The van der Waals surface area contributed by atoms with Crippen LogP contribution in [0.5, 0.6) is 23.0 Å². The fourth-order valence-electron chi connectivity index (χ4n) is 9.46. The van der Waals surface area contributed by atoms with E-state index in [1.54, 1.807) is 42.5 Å². The van der Waals surface area contributed by atoms with Gasteiger partial charge in [0.05, 0.1) is 13.2 Å². The van der Waals surface area contributed by atoms with E-state index >= 15 is 0 Å². The van der Waals surface area contributed by atoms with Crippen molar-refractivity contribution in [1.29, 1.82) is 0 Å². The molecule has 0 amide bonds. The van der Waals surface area contributed by atoms with Crippen molar-refractivity contribution in [2.75, 3.05) is 13.2 Å². The normalized spacial score (nSPS) is 11.7. The van der Waals surface area contributed by atoms with Gasteiger partial charge in [-0.15, -0.1) is 30.0 Å². The van der Waals surface area contributed by atoms with Crippen molar-refractivity contribution < 1.29 is 38.7 Å². The Morgan fingerprint density at radius 2 is 0.870 bits per heavy atom. The monoisotopic (exact) mass is 1030 g/mol. The second kappa shape index (κ2) is 21.5. The molecule has 0 atom stereocenters. The lowest BCUT2D eigenvalue weighted by atomic mass is 9.78. The molecule has 0 unspecified atom stereocenters. The standard InChI is InChI=1S/C63H58N6O8/c1-40-15-20-45(21-16-40)62(3,4)47-24-28-49(29-25-47)76-60(72)74-35-33-42-37-44(58(70)57(38-42)69-66-54-13-9-10-14-55(54)67-69)39-51-43(19-32-56(59(51)71)68-64-52-11-7-8-12-53(52)65-68)34-36-75-61(73)77-50-30-26-48(27-31-50)63(5,6)46-22-17-41(2)18-23-46/h7-32,37-38,70-71H,33-36,39H2,1-6H3. The lowest BCUT2D eigenvalue weighted by Crippen LogP contribution is -2.19. The van der Waals surface area contributed by atoms with Crippen molar-refractivity contribution in [3.8, 4) is 34.4 Å². The molecule has 0 aliphatic rings. The maximum absolute atomic E-state index is 13.1. The van der Waals surface area contributed by atoms with Crippen LogP contribution < -0.4 is 9.47 Å². The van der Waals surface area contributed by atoms with Gasteiger partial charge in [-0.3, -0.25) is 0 Å². The summed E-state index contributed by atoms with van der Waals surface area (Å²) in [7, 11) is 0. The second-order valence-corrected chi connectivity index (χ2v) is 20.3. The SMILES string of the molecule is Cc1ccc(C(C)(C)c2ccc(OC(=O)OCCc3cc(Cc4c(CCOC(=O)Oc5ccc(C(C)(C)c6ccc(C)cc6)cc5)ccc(-n5nc6ccccc6n5)c4O)c(O)c(-n4nc5ccccc5n4)c3)cc2)cc1. The van der Waals surface area contributed by atoms with E-state index in [9.17, 15) is 19.8 Å². The topological polar surface area (TPSA) is 173 Å². The minimum atomic E-state index is -0.888. The second-order valence-electron chi connectivity index (χ2n) is 20.3. The van der Waals surface area contributed by atoms with Crippen LogP contribution in [-0.4, -0.2) is 65.7 Å². The number of carbonyl (C=O) groups is 2. The van der Waals surface area contributed by atoms with E-state index < -0.39 is 12.3 Å². The number of phenolic OH excluding ortho intramolecular Hbond substituents is 2. The van der Waals surface area contributed by atoms with E-state index in [2.05, 4.69) is 110 Å². The van der Waals surface area contributed by atoms with E-state index in [1.165, 1.54) is 26.3 Å². The van der Waals surface area contributed by atoms with Crippen molar-refractivity contribution in [3.63, 3.8) is 0 Å². The van der Waals surface area contributed by atoms with Gasteiger partial charge in [-0.05, 0) is 108 Å². The number of hydrogen-bond donors (Lipinski definition) is 2. The van der Waals surface area contributed by atoms with Gasteiger partial charge in [0.1, 0.15) is 56.4 Å². The quantitative estimate of drug-likeness (QED) is 0.0694. The zero-order valence-corrected chi connectivity index (χ0v) is 43.7. The van der Waals surface area contributed by atoms with Crippen molar-refractivity contribution >= 4 is 34.4 Å². The highest BCUT2D eigenvalue weighted by Gasteiger charge is 2.26. The van der Waals surface area contributed by atoms with Gasteiger partial charge in [0.25, 0.3) is 0 Å². The highest BCUT2D eigenvalue weighted by atomic mass is 16.7. The minimum Gasteiger partial charge on any atom is -0.505 e. The Bertz CT molecular complexity index is 3690. The lowest BCUT2D eigenvalue weighted by molar-refractivity contribution is 0.0989. The maximum atomic E-state index is 13.1. The third kappa shape index (κ3) is 11.2. The molecule has 2 N–H and O–H groups in total. The molecule has 0 saturated heterocycles. The number of aromatic hydroxyl groups is 2. The van der Waals surface area contributed by atoms with Gasteiger partial charge in [0, 0.05) is 41.2 Å². The average Bonchev–Trinajstić information content (AvgIpc) is 4.06. The number of aryl methyl sites for hydroxylation is 2. The number of rotatable bonds is 16. The van der Waals surface area contributed by atoms with Crippen LogP contribution in [0.15, 0.2) is 170 Å². The van der Waals surface area contributed by atoms with Gasteiger partial charge < -0.3 is 29.2 Å². The minimum absolute atomic E-state index is 0.0153. The van der Waals surface area contributed by atoms with Crippen LogP contribution >= 0.6 is 0 Å². The molecule has 0 aliphatic carbocycles. The smallest absolute Gasteiger partial charge is 0.505 e. The highest BCUT2D eigenvalue weighted by molar-refractivity contribution is 5.75. The van der Waals surface area contributed by atoms with Crippen LogP contribution in [0.4, 0.5) is 9.59 Å². The van der Waals surface area contributed by atoms with E-state index in [0.29, 0.717) is 61.5 Å². The Kier molecular flexibility index (Phi) is 14.3. The number of hydrogen-bond acceptors (Lipinski definition) is 12. The number of carbonyl (C=O) groups excluding carboxylic acids is 2. The zero-order chi connectivity index (χ0) is 53.8. The van der Waals surface area contributed by atoms with Crippen LogP contribution in [0.25, 0.3) is 33.4 Å². The molecule has 0 radical (unpaired) electrons. The molecule has 0 aliphatic heterocycles. The summed E-state index contributed by atoms with van der Waals surface area (Å²) in [5, 5.41) is 43.0. The molecule has 0 saturated carbocycles. The summed E-state index contributed by atoms with van der Waals surface area (Å²) in [6.07, 6.45) is -1.40. The molecule has 0 fully saturated rings. The maximum Gasteiger partial charge on any atom is 0.513 e. The Morgan fingerprint density at radius 1 is 0.468 bits per heavy atom. The fraction of sp³-hybridized carbons (Fsp3) is 0.206. The first-order chi connectivity index (χ1) is 37.1. The molecule has 2 aromatic heterocycles. The van der Waals surface area contributed by atoms with E-state index in [0.717, 1.165) is 16.7 Å². The molecular weight excluding hydrogens is 969 g/mol. The molecule has 10 aromatic rings. The average molecular weight is 1030 g/mol. The Labute approximate surface area is 446 Å². The molecule has 0 spiro atoms. The van der Waals surface area contributed by atoms with E-state index in [-0.39, 0.29) is 60.5 Å². The fourth-order valence-corrected chi connectivity index (χ4v) is 9.46. The van der Waals surface area contributed by atoms with Crippen LogP contribution in [-0.2, 0) is 39.6 Å². The van der Waals surface area contributed by atoms with Crippen LogP contribution in [0.1, 0.15) is 83.3 Å². The van der Waals surface area contributed by atoms with Gasteiger partial charge in [-0.1, -0.05) is 148 Å². The summed E-state index contributed by atoms with van der Waals surface area (Å²) in [6, 6.07) is 53.4. The third-order valence-corrected chi connectivity index (χ3v) is 14.3. The number of benzene rings is 8. The molecule has 10 rings (SSSR count). The van der Waals surface area contributed by atoms with Crippen molar-refractivity contribution in [1.82, 2.24) is 30.0 Å². The predicted octanol–water partition coefficient (Wildman–Crippen LogP) is 12.9. The Morgan fingerprint density at radius 3 is 1.31 bits per heavy atom. The largest absolute Gasteiger partial charge is 0.513 e. The first-order valence-corrected chi connectivity index (χ1v) is 25.5. The van der Waals surface area contributed by atoms with E-state index in [4.69, 9.17) is 18.9 Å². The summed E-state index contributed by atoms with van der Waals surface area (Å²) >= 11 is 0.